The number of furan rings is 1. The van der Waals surface area contributed by atoms with Crippen molar-refractivity contribution in [1.82, 2.24) is 0 Å². The van der Waals surface area contributed by atoms with Crippen LogP contribution in [0.5, 0.6) is 0 Å². The average Bonchev–Trinajstić information content (AvgIpc) is 2.76. The minimum Gasteiger partial charge on any atom is -0.455 e. The number of benzene rings is 2. The molecule has 0 fully saturated rings. The SMILES string of the molecule is O=[N+]([O-])c1cc(I)c2oc3cc(C(F)(F)F)ccc3c2c1. The Morgan fingerprint density at radius 2 is 1.86 bits per heavy atom. The third-order valence-electron chi connectivity index (χ3n) is 3.05. The average molecular weight is 407 g/mol. The van der Waals surface area contributed by atoms with Crippen molar-refractivity contribution in [3.05, 3.63) is 49.6 Å². The van der Waals surface area contributed by atoms with Gasteiger partial charge in [-0.15, -0.1) is 0 Å². The van der Waals surface area contributed by atoms with Gasteiger partial charge in [-0.1, -0.05) is 0 Å². The number of fused-ring (bicyclic) bond motifs is 3. The van der Waals surface area contributed by atoms with Gasteiger partial charge in [0.2, 0.25) is 0 Å². The van der Waals surface area contributed by atoms with Gasteiger partial charge in [-0.2, -0.15) is 13.2 Å². The molecule has 0 radical (unpaired) electrons. The summed E-state index contributed by atoms with van der Waals surface area (Å²) in [5.41, 5.74) is -0.554. The van der Waals surface area contributed by atoms with Gasteiger partial charge in [0, 0.05) is 22.9 Å². The first kappa shape index (κ1) is 14.1. The summed E-state index contributed by atoms with van der Waals surface area (Å²) in [5, 5.41) is 11.7. The fraction of sp³-hybridized carbons (Fsp3) is 0.0769. The maximum absolute atomic E-state index is 12.7. The van der Waals surface area contributed by atoms with Crippen LogP contribution in [0.2, 0.25) is 0 Å². The van der Waals surface area contributed by atoms with Crippen LogP contribution in [0.15, 0.2) is 34.7 Å². The molecule has 0 amide bonds. The van der Waals surface area contributed by atoms with Crippen LogP contribution in [0.4, 0.5) is 18.9 Å². The number of nitro groups is 1. The van der Waals surface area contributed by atoms with Crippen LogP contribution in [0, 0.1) is 13.7 Å². The van der Waals surface area contributed by atoms with Gasteiger partial charge in [-0.3, -0.25) is 10.1 Å². The fourth-order valence-corrected chi connectivity index (χ4v) is 2.82. The van der Waals surface area contributed by atoms with Gasteiger partial charge in [-0.05, 0) is 40.8 Å². The Balaban J connectivity index is 2.35. The van der Waals surface area contributed by atoms with E-state index in [9.17, 15) is 23.3 Å². The Morgan fingerprint density at radius 3 is 2.48 bits per heavy atom. The summed E-state index contributed by atoms with van der Waals surface area (Å²) >= 11 is 1.86. The molecule has 0 saturated carbocycles. The summed E-state index contributed by atoms with van der Waals surface area (Å²) in [5.74, 6) is 0. The lowest BCUT2D eigenvalue weighted by Gasteiger charge is -2.05. The molecule has 1 aromatic heterocycles. The summed E-state index contributed by atoms with van der Waals surface area (Å²) in [6, 6.07) is 5.72. The van der Waals surface area contributed by atoms with Crippen LogP contribution in [-0.4, -0.2) is 4.92 Å². The van der Waals surface area contributed by atoms with Crippen molar-refractivity contribution >= 4 is 50.2 Å². The first-order valence-electron chi connectivity index (χ1n) is 5.65. The van der Waals surface area contributed by atoms with Crippen LogP contribution in [0.3, 0.4) is 0 Å². The van der Waals surface area contributed by atoms with Gasteiger partial charge in [-0.25, -0.2) is 0 Å². The van der Waals surface area contributed by atoms with Crippen LogP contribution >= 0.6 is 22.6 Å². The Labute approximate surface area is 128 Å². The molecule has 4 nitrogen and oxygen atoms in total. The second kappa shape index (κ2) is 4.58. The number of nitrogens with zero attached hydrogens (tertiary/aromatic N) is 1. The van der Waals surface area contributed by atoms with Crippen molar-refractivity contribution in [3.63, 3.8) is 0 Å². The van der Waals surface area contributed by atoms with Crippen LogP contribution in [-0.2, 0) is 6.18 Å². The molecule has 0 aliphatic carbocycles. The fourth-order valence-electron chi connectivity index (χ4n) is 2.10. The Kier molecular flexibility index (Phi) is 3.08. The molecule has 21 heavy (non-hydrogen) atoms. The van der Waals surface area contributed by atoms with Crippen LogP contribution in [0.1, 0.15) is 5.56 Å². The second-order valence-corrected chi connectivity index (χ2v) is 5.53. The van der Waals surface area contributed by atoms with E-state index in [1.807, 2.05) is 22.6 Å². The van der Waals surface area contributed by atoms with E-state index in [1.54, 1.807) is 0 Å². The third-order valence-corrected chi connectivity index (χ3v) is 3.85. The molecule has 2 aromatic carbocycles. The van der Waals surface area contributed by atoms with E-state index in [4.69, 9.17) is 4.42 Å². The maximum atomic E-state index is 12.7. The van der Waals surface area contributed by atoms with Gasteiger partial charge in [0.25, 0.3) is 5.69 Å². The van der Waals surface area contributed by atoms with Gasteiger partial charge >= 0.3 is 6.18 Å². The highest BCUT2D eigenvalue weighted by atomic mass is 127. The van der Waals surface area contributed by atoms with Crippen molar-refractivity contribution in [1.29, 1.82) is 0 Å². The predicted octanol–water partition coefficient (Wildman–Crippen LogP) is 5.12. The molecular formula is C13H5F3INO3. The van der Waals surface area contributed by atoms with Crippen LogP contribution in [0.25, 0.3) is 21.9 Å². The maximum Gasteiger partial charge on any atom is 0.416 e. The minimum absolute atomic E-state index is 0.0539. The topological polar surface area (TPSA) is 56.3 Å². The standard InChI is InChI=1S/C13H5F3INO3/c14-13(15,16)6-1-2-8-9-4-7(18(19)20)5-10(17)12(9)21-11(8)3-6/h1-5H. The molecule has 1 heterocycles. The largest absolute Gasteiger partial charge is 0.455 e. The van der Waals surface area contributed by atoms with E-state index in [2.05, 4.69) is 0 Å². The lowest BCUT2D eigenvalue weighted by atomic mass is 10.1. The number of nitro benzene ring substituents is 1. The van der Waals surface area contributed by atoms with E-state index < -0.39 is 16.7 Å². The second-order valence-electron chi connectivity index (χ2n) is 4.37. The predicted molar refractivity (Wildman–Crippen MR) is 78.1 cm³/mol. The van der Waals surface area contributed by atoms with E-state index in [0.717, 1.165) is 12.1 Å². The van der Waals surface area contributed by atoms with E-state index >= 15 is 0 Å². The summed E-state index contributed by atoms with van der Waals surface area (Å²) in [4.78, 5) is 10.3. The smallest absolute Gasteiger partial charge is 0.416 e. The van der Waals surface area contributed by atoms with E-state index in [1.165, 1.54) is 18.2 Å². The van der Waals surface area contributed by atoms with E-state index in [-0.39, 0.29) is 11.3 Å². The first-order chi connectivity index (χ1) is 9.77. The van der Waals surface area contributed by atoms with Crippen molar-refractivity contribution < 1.29 is 22.5 Å². The summed E-state index contributed by atoms with van der Waals surface area (Å²) in [6.45, 7) is 0. The number of non-ortho nitro benzene ring substituents is 1. The molecule has 0 aliphatic heterocycles. The molecule has 3 rings (SSSR count). The number of halogens is 4. The first-order valence-corrected chi connectivity index (χ1v) is 6.72. The van der Waals surface area contributed by atoms with Crippen molar-refractivity contribution in [2.75, 3.05) is 0 Å². The zero-order valence-corrected chi connectivity index (χ0v) is 12.2. The highest BCUT2D eigenvalue weighted by Crippen LogP contribution is 2.38. The van der Waals surface area contributed by atoms with Gasteiger partial charge in [0.05, 0.1) is 14.1 Å². The zero-order chi connectivity index (χ0) is 15.4. The Bertz CT molecular complexity index is 886. The molecule has 0 bridgehead atoms. The number of alkyl halides is 3. The summed E-state index contributed by atoms with van der Waals surface area (Å²) in [7, 11) is 0. The quantitative estimate of drug-likeness (QED) is 0.320. The molecule has 0 atom stereocenters. The van der Waals surface area contributed by atoms with Crippen molar-refractivity contribution in [2.24, 2.45) is 0 Å². The minimum atomic E-state index is -4.47. The number of hydrogen-bond acceptors (Lipinski definition) is 3. The van der Waals surface area contributed by atoms with Crippen molar-refractivity contribution in [2.45, 2.75) is 6.18 Å². The molecule has 3 aromatic rings. The zero-order valence-electron chi connectivity index (χ0n) is 10.1. The summed E-state index contributed by atoms with van der Waals surface area (Å²) in [6.07, 6.45) is -4.47. The molecule has 0 unspecified atom stereocenters. The number of hydrogen-bond donors (Lipinski definition) is 0. The molecule has 0 saturated heterocycles. The molecule has 0 aliphatic rings. The Hall–Kier alpha value is -1.84. The number of rotatable bonds is 1. The monoisotopic (exact) mass is 407 g/mol. The van der Waals surface area contributed by atoms with E-state index in [0.29, 0.717) is 19.9 Å². The summed E-state index contributed by atoms with van der Waals surface area (Å²) < 4.78 is 44.0. The molecule has 0 spiro atoms. The molecule has 0 N–H and O–H groups in total. The highest BCUT2D eigenvalue weighted by Gasteiger charge is 2.31. The van der Waals surface area contributed by atoms with Gasteiger partial charge < -0.3 is 4.42 Å². The van der Waals surface area contributed by atoms with Gasteiger partial charge in [0.1, 0.15) is 11.2 Å². The normalized spacial score (nSPS) is 12.2. The van der Waals surface area contributed by atoms with Gasteiger partial charge in [0.15, 0.2) is 0 Å². The lowest BCUT2D eigenvalue weighted by molar-refractivity contribution is -0.384. The molecule has 108 valence electrons. The Morgan fingerprint density at radius 1 is 1.14 bits per heavy atom. The lowest BCUT2D eigenvalue weighted by Crippen LogP contribution is -2.03. The molecule has 8 heteroatoms. The highest BCUT2D eigenvalue weighted by molar-refractivity contribution is 14.1. The molecular weight excluding hydrogens is 402 g/mol. The van der Waals surface area contributed by atoms with Crippen molar-refractivity contribution in [3.8, 4) is 0 Å². The van der Waals surface area contributed by atoms with Crippen LogP contribution < -0.4 is 0 Å². The third kappa shape index (κ3) is 2.33.